The van der Waals surface area contributed by atoms with Gasteiger partial charge in [0.15, 0.2) is 0 Å². The first kappa shape index (κ1) is 22.6. The Labute approximate surface area is 218 Å². The van der Waals surface area contributed by atoms with Crippen LogP contribution in [0.25, 0.3) is 55.8 Å². The summed E-state index contributed by atoms with van der Waals surface area (Å²) in [7, 11) is 0. The summed E-state index contributed by atoms with van der Waals surface area (Å²) in [6, 6.07) is 16.3. The van der Waals surface area contributed by atoms with Crippen molar-refractivity contribution >= 4 is 21.9 Å². The molecule has 1 aliphatic carbocycles. The number of hydrogen-bond acceptors (Lipinski definition) is 5. The lowest BCUT2D eigenvalue weighted by molar-refractivity contribution is 0.154. The first-order valence-electron chi connectivity index (χ1n) is 12.9. The predicted octanol–water partition coefficient (Wildman–Crippen LogP) is 7.08. The summed E-state index contributed by atoms with van der Waals surface area (Å²) in [6.45, 7) is 0. The van der Waals surface area contributed by atoms with E-state index < -0.39 is 0 Å². The van der Waals surface area contributed by atoms with Gasteiger partial charge in [-0.2, -0.15) is 5.10 Å². The summed E-state index contributed by atoms with van der Waals surface area (Å²) in [4.78, 5) is 17.4. The van der Waals surface area contributed by atoms with E-state index in [0.29, 0.717) is 5.69 Å². The minimum absolute atomic E-state index is 0.257. The molecule has 0 atom stereocenters. The zero-order valence-corrected chi connectivity index (χ0v) is 20.6. The summed E-state index contributed by atoms with van der Waals surface area (Å²) in [5.41, 5.74) is 7.35. The molecule has 0 unspecified atom stereocenters. The van der Waals surface area contributed by atoms with Gasteiger partial charge in [-0.15, -0.1) is 0 Å². The van der Waals surface area contributed by atoms with E-state index in [1.165, 1.54) is 31.4 Å². The number of halogens is 1. The molecule has 188 valence electrons. The van der Waals surface area contributed by atoms with Crippen molar-refractivity contribution in [3.63, 3.8) is 0 Å². The molecule has 5 heterocycles. The smallest absolute Gasteiger partial charge is 0.138 e. The number of ether oxygens (including phenoxy) is 1. The van der Waals surface area contributed by atoms with Crippen molar-refractivity contribution in [2.75, 3.05) is 0 Å². The Morgan fingerprint density at radius 2 is 1.71 bits per heavy atom. The quantitative estimate of drug-likeness (QED) is 0.262. The number of hydrogen-bond donors (Lipinski definition) is 2. The van der Waals surface area contributed by atoms with E-state index in [1.807, 2.05) is 36.5 Å². The fourth-order valence-electron chi connectivity index (χ4n) is 5.27. The Bertz CT molecular complexity index is 1750. The second-order valence-corrected chi connectivity index (χ2v) is 9.76. The van der Waals surface area contributed by atoms with Gasteiger partial charge in [0.1, 0.15) is 22.8 Å². The van der Waals surface area contributed by atoms with Gasteiger partial charge in [0.05, 0.1) is 34.9 Å². The maximum absolute atomic E-state index is 13.5. The molecule has 0 radical (unpaired) electrons. The summed E-state index contributed by atoms with van der Waals surface area (Å²) >= 11 is 0. The lowest BCUT2D eigenvalue weighted by atomic mass is 9.98. The molecule has 7 nitrogen and oxygen atoms in total. The standard InChI is InChI=1S/C30H25FN6O/c31-20-8-6-18(7-9-20)28-23-15-27(34-25(23)12-13-33-28)30-29-26(36-37-30)11-10-24(35-29)19-14-22(17-32-16-19)38-21-4-2-1-3-5-21/h6-17,21,34H,1-5H2,(H,36,37). The molecule has 2 N–H and O–H groups in total. The fourth-order valence-corrected chi connectivity index (χ4v) is 5.27. The molecule has 1 aliphatic rings. The van der Waals surface area contributed by atoms with Gasteiger partial charge >= 0.3 is 0 Å². The van der Waals surface area contributed by atoms with Crippen molar-refractivity contribution in [1.82, 2.24) is 30.1 Å². The Morgan fingerprint density at radius 3 is 2.58 bits per heavy atom. The average Bonchev–Trinajstić information content (AvgIpc) is 3.58. The molecule has 1 saturated carbocycles. The van der Waals surface area contributed by atoms with E-state index in [2.05, 4.69) is 25.1 Å². The highest BCUT2D eigenvalue weighted by molar-refractivity contribution is 5.99. The van der Waals surface area contributed by atoms with Crippen LogP contribution < -0.4 is 4.74 Å². The number of benzene rings is 1. The van der Waals surface area contributed by atoms with E-state index >= 15 is 0 Å². The van der Waals surface area contributed by atoms with Crippen molar-refractivity contribution in [2.45, 2.75) is 38.2 Å². The first-order valence-corrected chi connectivity index (χ1v) is 12.9. The molecule has 0 bridgehead atoms. The maximum Gasteiger partial charge on any atom is 0.138 e. The highest BCUT2D eigenvalue weighted by atomic mass is 19.1. The molecule has 8 heteroatoms. The van der Waals surface area contributed by atoms with Crippen LogP contribution in [0.1, 0.15) is 32.1 Å². The van der Waals surface area contributed by atoms with E-state index in [9.17, 15) is 4.39 Å². The second kappa shape index (κ2) is 9.37. The van der Waals surface area contributed by atoms with E-state index in [4.69, 9.17) is 9.72 Å². The maximum atomic E-state index is 13.5. The van der Waals surface area contributed by atoms with Gasteiger partial charge in [0.25, 0.3) is 0 Å². The number of aromatic amines is 2. The third kappa shape index (κ3) is 4.18. The Hall–Kier alpha value is -4.59. The van der Waals surface area contributed by atoms with Crippen LogP contribution in [0.15, 0.2) is 73.2 Å². The van der Waals surface area contributed by atoms with Gasteiger partial charge in [-0.05, 0) is 80.3 Å². The van der Waals surface area contributed by atoms with Crippen LogP contribution in [0.3, 0.4) is 0 Å². The highest BCUT2D eigenvalue weighted by Gasteiger charge is 2.18. The number of H-pyrrole nitrogens is 2. The van der Waals surface area contributed by atoms with Crippen LogP contribution in [0.4, 0.5) is 4.39 Å². The number of aromatic nitrogens is 6. The summed E-state index contributed by atoms with van der Waals surface area (Å²) in [5, 5.41) is 8.60. The van der Waals surface area contributed by atoms with Crippen molar-refractivity contribution in [3.8, 4) is 39.7 Å². The van der Waals surface area contributed by atoms with Crippen LogP contribution in [0.5, 0.6) is 5.75 Å². The molecule has 6 aromatic rings. The minimum Gasteiger partial charge on any atom is -0.489 e. The molecule has 1 fully saturated rings. The number of fused-ring (bicyclic) bond motifs is 2. The molecular formula is C30H25FN6O. The van der Waals surface area contributed by atoms with E-state index in [0.717, 1.165) is 68.7 Å². The SMILES string of the molecule is Fc1ccc(-c2nccc3[nH]c(-c4n[nH]c5ccc(-c6cncc(OC7CCCCC7)c6)nc45)cc23)cc1. The zero-order valence-electron chi connectivity index (χ0n) is 20.6. The number of nitrogens with zero attached hydrogens (tertiary/aromatic N) is 4. The molecule has 0 saturated heterocycles. The van der Waals surface area contributed by atoms with Crippen LogP contribution in [0, 0.1) is 5.82 Å². The number of rotatable bonds is 5. The molecule has 5 aromatic heterocycles. The average molecular weight is 505 g/mol. The van der Waals surface area contributed by atoms with Crippen molar-refractivity contribution in [3.05, 3.63) is 79.0 Å². The summed E-state index contributed by atoms with van der Waals surface area (Å²) in [5.74, 6) is 0.502. The lowest BCUT2D eigenvalue weighted by Gasteiger charge is -2.22. The van der Waals surface area contributed by atoms with Crippen LogP contribution in [-0.4, -0.2) is 36.2 Å². The third-order valence-corrected chi connectivity index (χ3v) is 7.19. The second-order valence-electron chi connectivity index (χ2n) is 9.76. The van der Waals surface area contributed by atoms with Gasteiger partial charge in [-0.25, -0.2) is 9.37 Å². The molecular weight excluding hydrogens is 479 g/mol. The summed E-state index contributed by atoms with van der Waals surface area (Å²) < 4.78 is 19.7. The fraction of sp³-hybridized carbons (Fsp3) is 0.200. The normalized spacial score (nSPS) is 14.3. The van der Waals surface area contributed by atoms with E-state index in [-0.39, 0.29) is 11.9 Å². The van der Waals surface area contributed by atoms with Crippen LogP contribution in [-0.2, 0) is 0 Å². The van der Waals surface area contributed by atoms with Gasteiger partial charge in [0, 0.05) is 34.4 Å². The van der Waals surface area contributed by atoms with Gasteiger partial charge in [-0.3, -0.25) is 15.1 Å². The van der Waals surface area contributed by atoms with Crippen molar-refractivity contribution < 1.29 is 9.13 Å². The number of pyridine rings is 3. The lowest BCUT2D eigenvalue weighted by Crippen LogP contribution is -2.19. The summed E-state index contributed by atoms with van der Waals surface area (Å²) in [6.07, 6.45) is 11.5. The molecule has 0 aliphatic heterocycles. The largest absolute Gasteiger partial charge is 0.489 e. The topological polar surface area (TPSA) is 92.4 Å². The molecule has 0 amide bonds. The van der Waals surface area contributed by atoms with Gasteiger partial charge in [-0.1, -0.05) is 6.42 Å². The minimum atomic E-state index is -0.276. The Morgan fingerprint density at radius 1 is 0.842 bits per heavy atom. The number of nitrogens with one attached hydrogen (secondary N) is 2. The van der Waals surface area contributed by atoms with Crippen molar-refractivity contribution in [2.24, 2.45) is 0 Å². The molecule has 1 aromatic carbocycles. The Kier molecular flexibility index (Phi) is 5.57. The zero-order chi connectivity index (χ0) is 25.5. The van der Waals surface area contributed by atoms with Crippen LogP contribution in [0.2, 0.25) is 0 Å². The van der Waals surface area contributed by atoms with Gasteiger partial charge < -0.3 is 9.72 Å². The van der Waals surface area contributed by atoms with E-state index in [1.54, 1.807) is 24.5 Å². The third-order valence-electron chi connectivity index (χ3n) is 7.19. The first-order chi connectivity index (χ1) is 18.7. The molecule has 7 rings (SSSR count). The highest BCUT2D eigenvalue weighted by Crippen LogP contribution is 2.33. The predicted molar refractivity (Wildman–Crippen MR) is 145 cm³/mol. The Balaban J connectivity index is 1.25. The monoisotopic (exact) mass is 504 g/mol. The van der Waals surface area contributed by atoms with Gasteiger partial charge in [0.2, 0.25) is 0 Å². The van der Waals surface area contributed by atoms with Crippen molar-refractivity contribution in [1.29, 1.82) is 0 Å². The van der Waals surface area contributed by atoms with Crippen LogP contribution >= 0.6 is 0 Å². The molecule has 38 heavy (non-hydrogen) atoms. The molecule has 0 spiro atoms.